The molecule has 2 fully saturated rings. The molecule has 1 heterocycles. The van der Waals surface area contributed by atoms with E-state index in [-0.39, 0.29) is 59.4 Å². The molecule has 230 valence electrons. The summed E-state index contributed by atoms with van der Waals surface area (Å²) in [4.78, 5) is 38.9. The third-order valence-electron chi connectivity index (χ3n) is 8.05. The van der Waals surface area contributed by atoms with E-state index in [4.69, 9.17) is 33.0 Å². The molecule has 0 radical (unpaired) electrons. The van der Waals surface area contributed by atoms with E-state index in [9.17, 15) is 27.6 Å². The molecule has 0 unspecified atom stereocenters. The Bertz CT molecular complexity index is 1310. The number of Topliss-reactive ketones (excluding diaryl/α,β-unsaturated/α-hetero) is 1. The Kier molecular flexibility index (Phi) is 9.76. The highest BCUT2D eigenvalue weighted by atomic mass is 35.5. The summed E-state index contributed by atoms with van der Waals surface area (Å²) in [5.41, 5.74) is -4.12. The number of hydrogen-bond acceptors (Lipinski definition) is 5. The number of carboxylic acid groups (broad SMARTS) is 1. The number of carboxylic acids is 1. The van der Waals surface area contributed by atoms with E-state index in [0.717, 1.165) is 15.8 Å². The van der Waals surface area contributed by atoms with Crippen LogP contribution in [0.15, 0.2) is 18.3 Å². The van der Waals surface area contributed by atoms with Crippen molar-refractivity contribution in [3.63, 3.8) is 0 Å². The predicted molar refractivity (Wildman–Crippen MR) is 146 cm³/mol. The molecule has 1 amide bonds. The van der Waals surface area contributed by atoms with Crippen molar-refractivity contribution in [3.05, 3.63) is 45.2 Å². The van der Waals surface area contributed by atoms with Crippen molar-refractivity contribution in [1.29, 1.82) is 0 Å². The molecule has 14 heteroatoms. The second-order valence-corrected chi connectivity index (χ2v) is 11.8. The van der Waals surface area contributed by atoms with Crippen molar-refractivity contribution < 1.29 is 41.8 Å². The number of aromatic nitrogens is 2. The molecule has 42 heavy (non-hydrogen) atoms. The van der Waals surface area contributed by atoms with Crippen LogP contribution in [0.3, 0.4) is 0 Å². The summed E-state index contributed by atoms with van der Waals surface area (Å²) >= 11 is 12.5. The summed E-state index contributed by atoms with van der Waals surface area (Å²) < 4.78 is 64.9. The third-order valence-corrected chi connectivity index (χ3v) is 8.64. The van der Waals surface area contributed by atoms with Gasteiger partial charge >= 0.3 is 12.1 Å². The van der Waals surface area contributed by atoms with Crippen LogP contribution < -0.4 is 4.74 Å². The third kappa shape index (κ3) is 7.19. The highest BCUT2D eigenvalue weighted by Crippen LogP contribution is 2.41. The Morgan fingerprint density at radius 2 is 1.71 bits per heavy atom. The lowest BCUT2D eigenvalue weighted by atomic mass is 9.84. The number of aliphatic carboxylic acids is 1. The van der Waals surface area contributed by atoms with Crippen molar-refractivity contribution >= 4 is 40.9 Å². The van der Waals surface area contributed by atoms with Gasteiger partial charge in [0.05, 0.1) is 53.6 Å². The topological polar surface area (TPSA) is 102 Å². The Hall–Kier alpha value is -2.86. The van der Waals surface area contributed by atoms with Gasteiger partial charge in [0.1, 0.15) is 11.4 Å². The molecule has 8 nitrogen and oxygen atoms in total. The van der Waals surface area contributed by atoms with E-state index >= 15 is 4.39 Å². The van der Waals surface area contributed by atoms with Gasteiger partial charge in [-0.3, -0.25) is 19.1 Å². The maximum absolute atomic E-state index is 15.6. The zero-order chi connectivity index (χ0) is 30.8. The molecule has 0 aliphatic heterocycles. The van der Waals surface area contributed by atoms with E-state index in [1.54, 1.807) is 0 Å². The molecule has 2 aromatic rings. The van der Waals surface area contributed by atoms with Crippen LogP contribution >= 0.6 is 23.2 Å². The molecule has 0 saturated heterocycles. The largest absolute Gasteiger partial charge is 0.497 e. The fourth-order valence-corrected chi connectivity index (χ4v) is 6.66. The monoisotopic (exact) mass is 635 g/mol. The van der Waals surface area contributed by atoms with E-state index in [1.165, 1.54) is 19.2 Å². The van der Waals surface area contributed by atoms with Gasteiger partial charge in [-0.1, -0.05) is 36.0 Å². The molecular formula is C28H31Cl2F4N3O5. The number of ketones is 1. The summed E-state index contributed by atoms with van der Waals surface area (Å²) in [7, 11) is 1.37. The summed E-state index contributed by atoms with van der Waals surface area (Å²) in [5, 5.41) is 12.8. The number of amides is 1. The van der Waals surface area contributed by atoms with Crippen LogP contribution in [0.4, 0.5) is 17.6 Å². The Balaban J connectivity index is 1.66. The number of halogens is 6. The molecule has 2 aliphatic rings. The maximum atomic E-state index is 15.6. The molecule has 2 aliphatic carbocycles. The van der Waals surface area contributed by atoms with Crippen molar-refractivity contribution in [2.75, 3.05) is 20.2 Å². The summed E-state index contributed by atoms with van der Waals surface area (Å²) in [6, 6.07) is 1.96. The van der Waals surface area contributed by atoms with Gasteiger partial charge in [-0.2, -0.15) is 18.3 Å². The number of carbonyl (C=O) groups excluding carboxylic acids is 2. The van der Waals surface area contributed by atoms with Gasteiger partial charge in [0, 0.05) is 6.42 Å². The number of alkyl halides is 4. The Labute approximate surface area is 249 Å². The number of methoxy groups -OCH3 is 1. The van der Waals surface area contributed by atoms with Crippen molar-refractivity contribution in [2.45, 2.75) is 75.7 Å². The van der Waals surface area contributed by atoms with Gasteiger partial charge < -0.3 is 14.7 Å². The Morgan fingerprint density at radius 3 is 2.24 bits per heavy atom. The number of rotatable bonds is 10. The molecule has 1 aromatic carbocycles. The van der Waals surface area contributed by atoms with E-state index in [0.29, 0.717) is 25.7 Å². The highest BCUT2D eigenvalue weighted by Gasteiger charge is 2.45. The molecule has 1 aromatic heterocycles. The first-order valence-corrected chi connectivity index (χ1v) is 14.4. The minimum absolute atomic E-state index is 0.0715. The number of hydrogen-bond donors (Lipinski definition) is 1. The quantitative estimate of drug-likeness (QED) is 0.222. The van der Waals surface area contributed by atoms with E-state index < -0.39 is 59.9 Å². The first-order chi connectivity index (χ1) is 19.7. The highest BCUT2D eigenvalue weighted by molar-refractivity contribution is 6.40. The molecule has 2 saturated carbocycles. The van der Waals surface area contributed by atoms with Crippen LogP contribution in [0.5, 0.6) is 5.75 Å². The van der Waals surface area contributed by atoms with Crippen LogP contribution in [0, 0.1) is 5.92 Å². The smallest absolute Gasteiger partial charge is 0.433 e. The second-order valence-electron chi connectivity index (χ2n) is 11.0. The van der Waals surface area contributed by atoms with Crippen LogP contribution in [0.25, 0.3) is 0 Å². The van der Waals surface area contributed by atoms with Crippen LogP contribution in [-0.4, -0.2) is 63.3 Å². The van der Waals surface area contributed by atoms with E-state index in [2.05, 4.69) is 5.10 Å². The van der Waals surface area contributed by atoms with Crippen molar-refractivity contribution in [2.24, 2.45) is 5.92 Å². The summed E-state index contributed by atoms with van der Waals surface area (Å²) in [6.07, 6.45) is -1.69. The first-order valence-electron chi connectivity index (χ1n) is 13.6. The SMILES string of the molecule is COc1cc(Cl)c(C(=O)CN(CC2(F)CCCC2)C(=O)c2cnn([C@H]3CC[C@H](CC(=O)O)CC3)c2C(F)(F)F)c(Cl)c1. The van der Waals surface area contributed by atoms with Gasteiger partial charge in [-0.05, 0) is 56.6 Å². The number of ether oxygens (including phenoxy) is 1. The predicted octanol–water partition coefficient (Wildman–Crippen LogP) is 7.03. The lowest BCUT2D eigenvalue weighted by molar-refractivity contribution is -0.145. The van der Waals surface area contributed by atoms with Crippen LogP contribution in [-0.2, 0) is 11.0 Å². The van der Waals surface area contributed by atoms with Gasteiger partial charge in [-0.25, -0.2) is 4.39 Å². The van der Waals surface area contributed by atoms with Gasteiger partial charge in [0.15, 0.2) is 11.5 Å². The summed E-state index contributed by atoms with van der Waals surface area (Å²) in [5.74, 6) is -2.83. The zero-order valence-electron chi connectivity index (χ0n) is 22.9. The number of carbonyl (C=O) groups is 3. The average Bonchev–Trinajstić information content (AvgIpc) is 3.54. The van der Waals surface area contributed by atoms with Crippen molar-refractivity contribution in [3.8, 4) is 5.75 Å². The lowest BCUT2D eigenvalue weighted by Gasteiger charge is -2.31. The average molecular weight is 636 g/mol. The fourth-order valence-electron chi connectivity index (χ4n) is 5.98. The summed E-state index contributed by atoms with van der Waals surface area (Å²) in [6.45, 7) is -1.36. The van der Waals surface area contributed by atoms with Gasteiger partial charge in [-0.15, -0.1) is 0 Å². The zero-order valence-corrected chi connectivity index (χ0v) is 24.4. The van der Waals surface area contributed by atoms with E-state index in [1.807, 2.05) is 0 Å². The van der Waals surface area contributed by atoms with Crippen molar-refractivity contribution in [1.82, 2.24) is 14.7 Å². The Morgan fingerprint density at radius 1 is 1.12 bits per heavy atom. The lowest BCUT2D eigenvalue weighted by Crippen LogP contribution is -2.45. The first kappa shape index (κ1) is 32.1. The molecule has 0 atom stereocenters. The molecule has 0 spiro atoms. The van der Waals surface area contributed by atoms with Crippen LogP contribution in [0.2, 0.25) is 10.0 Å². The molecule has 1 N–H and O–H groups in total. The minimum Gasteiger partial charge on any atom is -0.497 e. The minimum atomic E-state index is -4.99. The van der Waals surface area contributed by atoms with Gasteiger partial charge in [0.2, 0.25) is 0 Å². The number of benzene rings is 1. The molecular weight excluding hydrogens is 605 g/mol. The molecule has 4 rings (SSSR count). The van der Waals surface area contributed by atoms with Crippen LogP contribution in [0.1, 0.15) is 90.2 Å². The normalized spacial score (nSPS) is 20.4. The maximum Gasteiger partial charge on any atom is 0.433 e. The number of nitrogens with zero attached hydrogens (tertiary/aromatic N) is 3. The van der Waals surface area contributed by atoms with Gasteiger partial charge in [0.25, 0.3) is 5.91 Å². The second kappa shape index (κ2) is 12.8. The fraction of sp³-hybridized carbons (Fsp3) is 0.571. The molecule has 0 bridgehead atoms. The standard InChI is InChI=1S/C28H31Cl2F4N3O5/c1-42-18-11-20(29)24(21(30)12-18)22(38)14-36(15-27(31)8-2-3-9-27)26(41)19-13-35-37(25(19)28(32,33)34)17-6-4-16(5-7-17)10-23(39)40/h11-13,16-17H,2-10,14-15H2,1H3,(H,39,40)/t16-,17-.